The van der Waals surface area contributed by atoms with Crippen molar-refractivity contribution in [3.63, 3.8) is 0 Å². The molecule has 1 saturated heterocycles. The summed E-state index contributed by atoms with van der Waals surface area (Å²) in [5.41, 5.74) is 1.75. The summed E-state index contributed by atoms with van der Waals surface area (Å²) in [5, 5.41) is 10.9. The first-order chi connectivity index (χ1) is 16.2. The van der Waals surface area contributed by atoms with Crippen LogP contribution in [0.1, 0.15) is 21.7 Å². The second kappa shape index (κ2) is 9.36. The van der Waals surface area contributed by atoms with Crippen LogP contribution in [0.3, 0.4) is 0 Å². The highest BCUT2D eigenvalue weighted by Gasteiger charge is 2.36. The highest BCUT2D eigenvalue weighted by atomic mass is 32.2. The van der Waals surface area contributed by atoms with Crippen molar-refractivity contribution in [2.24, 2.45) is 0 Å². The molecule has 3 aromatic rings. The Kier molecular flexibility index (Phi) is 6.33. The van der Waals surface area contributed by atoms with Crippen molar-refractivity contribution in [3.8, 4) is 11.3 Å². The summed E-state index contributed by atoms with van der Waals surface area (Å²) in [6.07, 6.45) is 1.40. The van der Waals surface area contributed by atoms with Gasteiger partial charge in [-0.25, -0.2) is 9.18 Å². The van der Waals surface area contributed by atoms with Crippen LogP contribution in [-0.4, -0.2) is 39.6 Å². The van der Waals surface area contributed by atoms with Crippen LogP contribution in [0.15, 0.2) is 63.9 Å². The van der Waals surface area contributed by atoms with E-state index in [2.05, 4.69) is 5.32 Å². The van der Waals surface area contributed by atoms with Crippen molar-refractivity contribution in [3.05, 3.63) is 82.2 Å². The van der Waals surface area contributed by atoms with E-state index in [0.29, 0.717) is 34.4 Å². The molecule has 172 valence electrons. The molecule has 1 aromatic heterocycles. The highest BCUT2D eigenvalue weighted by Crippen LogP contribution is 2.34. The number of carbonyl (C=O) groups is 4. The number of hydrogen-bond acceptors (Lipinski definition) is 6. The van der Waals surface area contributed by atoms with Gasteiger partial charge in [-0.05, 0) is 66.7 Å². The molecule has 1 aliphatic heterocycles. The van der Waals surface area contributed by atoms with Gasteiger partial charge < -0.3 is 14.8 Å². The number of thioether (sulfide) groups is 1. The number of amides is 3. The number of nitrogens with one attached hydrogen (secondary N) is 1. The first kappa shape index (κ1) is 23.0. The molecule has 1 aliphatic rings. The number of carboxylic acids is 1. The molecular weight excluding hydrogens is 463 g/mol. The normalized spacial score (nSPS) is 14.6. The van der Waals surface area contributed by atoms with Crippen molar-refractivity contribution >= 4 is 46.5 Å². The average Bonchev–Trinajstić information content (AvgIpc) is 3.34. The number of benzene rings is 2. The fourth-order valence-corrected chi connectivity index (χ4v) is 4.14. The second-order valence-electron chi connectivity index (χ2n) is 7.36. The van der Waals surface area contributed by atoms with Gasteiger partial charge >= 0.3 is 5.97 Å². The molecule has 0 aliphatic carbocycles. The van der Waals surface area contributed by atoms with E-state index in [4.69, 9.17) is 9.52 Å². The summed E-state index contributed by atoms with van der Waals surface area (Å²) < 4.78 is 19.0. The van der Waals surface area contributed by atoms with Crippen LogP contribution in [0.4, 0.5) is 14.9 Å². The average molecular weight is 480 g/mol. The number of imide groups is 1. The lowest BCUT2D eigenvalue weighted by Gasteiger charge is -2.12. The van der Waals surface area contributed by atoms with E-state index in [9.17, 15) is 23.6 Å². The summed E-state index contributed by atoms with van der Waals surface area (Å²) in [7, 11) is 0. The second-order valence-corrected chi connectivity index (χ2v) is 8.36. The maximum Gasteiger partial charge on any atom is 0.335 e. The first-order valence-corrected chi connectivity index (χ1v) is 10.8. The number of rotatable bonds is 6. The minimum Gasteiger partial charge on any atom is -0.478 e. The molecule has 2 N–H and O–H groups in total. The van der Waals surface area contributed by atoms with Gasteiger partial charge in [0.05, 0.1) is 10.5 Å². The first-order valence-electron chi connectivity index (χ1n) is 9.96. The van der Waals surface area contributed by atoms with Crippen LogP contribution in [0, 0.1) is 12.7 Å². The monoisotopic (exact) mass is 480 g/mol. The maximum absolute atomic E-state index is 13.3. The molecule has 0 saturated carbocycles. The summed E-state index contributed by atoms with van der Waals surface area (Å²) in [6.45, 7) is 1.24. The molecule has 0 unspecified atom stereocenters. The lowest BCUT2D eigenvalue weighted by Crippen LogP contribution is -2.36. The molecule has 8 nitrogen and oxygen atoms in total. The predicted molar refractivity (Wildman–Crippen MR) is 124 cm³/mol. The van der Waals surface area contributed by atoms with Gasteiger partial charge in [-0.2, -0.15) is 0 Å². The third-order valence-corrected chi connectivity index (χ3v) is 5.83. The number of carbonyl (C=O) groups excluding carboxylic acids is 3. The van der Waals surface area contributed by atoms with Crippen molar-refractivity contribution in [2.45, 2.75) is 6.92 Å². The van der Waals surface area contributed by atoms with Gasteiger partial charge in [0.15, 0.2) is 0 Å². The van der Waals surface area contributed by atoms with Gasteiger partial charge in [0.2, 0.25) is 5.91 Å². The SMILES string of the molecule is Cc1cc(C(=O)O)ccc1-c1ccc(/C=C2/SC(=O)N(CC(=O)Nc3cccc(F)c3)C2=O)o1. The minimum absolute atomic E-state index is 0.0856. The molecule has 0 bridgehead atoms. The molecule has 0 radical (unpaired) electrons. The molecule has 10 heteroatoms. The zero-order valence-corrected chi connectivity index (χ0v) is 18.5. The quantitative estimate of drug-likeness (QED) is 0.488. The molecule has 0 atom stereocenters. The Labute approximate surface area is 197 Å². The van der Waals surface area contributed by atoms with Crippen molar-refractivity contribution in [2.75, 3.05) is 11.9 Å². The van der Waals surface area contributed by atoms with E-state index in [1.807, 2.05) is 0 Å². The topological polar surface area (TPSA) is 117 Å². The number of nitrogens with zero attached hydrogens (tertiary/aromatic N) is 1. The summed E-state index contributed by atoms with van der Waals surface area (Å²) >= 11 is 0.674. The number of anilines is 1. The van der Waals surface area contributed by atoms with Crippen LogP contribution >= 0.6 is 11.8 Å². The van der Waals surface area contributed by atoms with Crippen LogP contribution < -0.4 is 5.32 Å². The standard InChI is InChI=1S/C24H17FN2O6S/c1-13-9-14(23(30)31)5-7-18(13)19-8-6-17(33-19)11-20-22(29)27(24(32)34-20)12-21(28)26-16-4-2-3-15(25)10-16/h2-11H,12H2,1H3,(H,26,28)(H,30,31)/b20-11+. The van der Waals surface area contributed by atoms with Gasteiger partial charge in [0.25, 0.3) is 11.1 Å². The Morgan fingerprint density at radius 2 is 1.94 bits per heavy atom. The van der Waals surface area contributed by atoms with E-state index >= 15 is 0 Å². The highest BCUT2D eigenvalue weighted by molar-refractivity contribution is 8.18. The Morgan fingerprint density at radius 1 is 1.15 bits per heavy atom. The summed E-state index contributed by atoms with van der Waals surface area (Å²) in [4.78, 5) is 49.2. The molecule has 4 rings (SSSR count). The Hall–Kier alpha value is -4.18. The summed E-state index contributed by atoms with van der Waals surface area (Å²) in [6, 6.07) is 13.2. The smallest absolute Gasteiger partial charge is 0.335 e. The zero-order valence-electron chi connectivity index (χ0n) is 17.7. The Morgan fingerprint density at radius 3 is 2.65 bits per heavy atom. The Bertz CT molecular complexity index is 1360. The minimum atomic E-state index is -1.03. The lowest BCUT2D eigenvalue weighted by molar-refractivity contribution is -0.127. The molecule has 3 amide bonds. The number of halogens is 1. The van der Waals surface area contributed by atoms with E-state index in [-0.39, 0.29) is 16.2 Å². The van der Waals surface area contributed by atoms with Crippen LogP contribution in [0.5, 0.6) is 0 Å². The molecule has 1 fully saturated rings. The largest absolute Gasteiger partial charge is 0.478 e. The molecule has 2 aromatic carbocycles. The maximum atomic E-state index is 13.3. The lowest BCUT2D eigenvalue weighted by atomic mass is 10.0. The van der Waals surface area contributed by atoms with Gasteiger partial charge in [0, 0.05) is 17.3 Å². The van der Waals surface area contributed by atoms with Gasteiger partial charge in [-0.15, -0.1) is 0 Å². The number of hydrogen-bond donors (Lipinski definition) is 2. The van der Waals surface area contributed by atoms with Gasteiger partial charge in [-0.1, -0.05) is 12.1 Å². The number of aryl methyl sites for hydroxylation is 1. The number of carboxylic acid groups (broad SMARTS) is 1. The van der Waals surface area contributed by atoms with Crippen LogP contribution in [-0.2, 0) is 9.59 Å². The molecule has 0 spiro atoms. The molecular formula is C24H17FN2O6S. The fourth-order valence-electron chi connectivity index (χ4n) is 3.32. The zero-order chi connectivity index (χ0) is 24.4. The van der Waals surface area contributed by atoms with E-state index in [1.54, 1.807) is 25.1 Å². The third kappa shape index (κ3) is 4.91. The van der Waals surface area contributed by atoms with Gasteiger partial charge in [0.1, 0.15) is 23.9 Å². The molecule has 34 heavy (non-hydrogen) atoms. The van der Waals surface area contributed by atoms with Gasteiger partial charge in [-0.3, -0.25) is 19.3 Å². The van der Waals surface area contributed by atoms with Crippen molar-refractivity contribution < 1.29 is 33.1 Å². The number of aromatic carboxylic acids is 1. The predicted octanol–water partition coefficient (Wildman–Crippen LogP) is 4.77. The van der Waals surface area contributed by atoms with E-state index in [0.717, 1.165) is 11.0 Å². The number of furan rings is 1. The Balaban J connectivity index is 1.47. The third-order valence-electron chi connectivity index (χ3n) is 4.92. The van der Waals surface area contributed by atoms with Crippen molar-refractivity contribution in [1.82, 2.24) is 4.90 Å². The van der Waals surface area contributed by atoms with Crippen LogP contribution in [0.2, 0.25) is 0 Å². The van der Waals surface area contributed by atoms with E-state index < -0.39 is 35.4 Å². The van der Waals surface area contributed by atoms with Crippen LogP contribution in [0.25, 0.3) is 17.4 Å². The summed E-state index contributed by atoms with van der Waals surface area (Å²) in [5.74, 6) is -2.08. The fraction of sp³-hybridized carbons (Fsp3) is 0.0833. The van der Waals surface area contributed by atoms with Crippen molar-refractivity contribution in [1.29, 1.82) is 0 Å². The van der Waals surface area contributed by atoms with E-state index in [1.165, 1.54) is 36.4 Å². The molecule has 2 heterocycles.